The lowest BCUT2D eigenvalue weighted by molar-refractivity contribution is 0.0303. The zero-order valence-electron chi connectivity index (χ0n) is 15.2. The average molecular weight is 363 g/mol. The van der Waals surface area contributed by atoms with Gasteiger partial charge in [-0.3, -0.25) is 9.59 Å². The maximum Gasteiger partial charge on any atom is 0.272 e. The summed E-state index contributed by atoms with van der Waals surface area (Å²) < 4.78 is 7.03. The van der Waals surface area contributed by atoms with Gasteiger partial charge in [-0.05, 0) is 36.8 Å². The number of carbonyl (C=O) groups excluding carboxylic acids is 1. The number of amides is 1. The lowest BCUT2D eigenvalue weighted by Crippen LogP contribution is -2.40. The van der Waals surface area contributed by atoms with Crippen LogP contribution in [0.5, 0.6) is 0 Å². The molecule has 2 aromatic carbocycles. The highest BCUT2D eigenvalue weighted by Gasteiger charge is 2.18. The molecule has 6 nitrogen and oxygen atoms in total. The number of hydrogen-bond donors (Lipinski definition) is 0. The molecule has 27 heavy (non-hydrogen) atoms. The molecule has 1 aliphatic heterocycles. The first-order valence-electron chi connectivity index (χ1n) is 9.05. The van der Waals surface area contributed by atoms with Gasteiger partial charge in [-0.2, -0.15) is 0 Å². The second kappa shape index (κ2) is 7.32. The summed E-state index contributed by atoms with van der Waals surface area (Å²) in [5, 5.41) is 0. The normalized spacial score (nSPS) is 14.5. The Kier molecular flexibility index (Phi) is 4.73. The topological polar surface area (TPSA) is 64.4 Å². The van der Waals surface area contributed by atoms with Crippen LogP contribution in [-0.4, -0.2) is 46.7 Å². The summed E-state index contributed by atoms with van der Waals surface area (Å²) in [6.07, 6.45) is 0. The van der Waals surface area contributed by atoms with Crippen LogP contribution in [0.4, 0.5) is 0 Å². The van der Waals surface area contributed by atoms with Crippen molar-refractivity contribution in [3.05, 3.63) is 75.7 Å². The van der Waals surface area contributed by atoms with Crippen LogP contribution >= 0.6 is 0 Å². The number of para-hydroxylation sites is 2. The Bertz CT molecular complexity index is 1030. The van der Waals surface area contributed by atoms with E-state index in [1.165, 1.54) is 0 Å². The van der Waals surface area contributed by atoms with Crippen molar-refractivity contribution in [1.82, 2.24) is 14.5 Å². The maximum absolute atomic E-state index is 12.6. The summed E-state index contributed by atoms with van der Waals surface area (Å²) in [4.78, 5) is 31.3. The van der Waals surface area contributed by atoms with Crippen LogP contribution in [0, 0.1) is 6.92 Å². The molecule has 0 atom stereocenters. The molecule has 1 saturated heterocycles. The second-order valence-corrected chi connectivity index (χ2v) is 6.68. The Morgan fingerprint density at radius 3 is 2.52 bits per heavy atom. The van der Waals surface area contributed by atoms with Gasteiger partial charge >= 0.3 is 0 Å². The number of aryl methyl sites for hydroxylation is 1. The van der Waals surface area contributed by atoms with Crippen LogP contribution < -0.4 is 5.56 Å². The molecule has 3 aromatic rings. The predicted octanol–water partition coefficient (Wildman–Crippen LogP) is 2.23. The molecule has 0 saturated carbocycles. The van der Waals surface area contributed by atoms with Crippen molar-refractivity contribution in [3.63, 3.8) is 0 Å². The van der Waals surface area contributed by atoms with E-state index in [0.29, 0.717) is 44.1 Å². The highest BCUT2D eigenvalue weighted by Crippen LogP contribution is 2.14. The molecule has 0 aliphatic carbocycles. The van der Waals surface area contributed by atoms with Crippen LogP contribution in [0.3, 0.4) is 0 Å². The van der Waals surface area contributed by atoms with E-state index in [1.54, 1.807) is 11.5 Å². The number of aromatic nitrogens is 2. The fourth-order valence-corrected chi connectivity index (χ4v) is 3.36. The zero-order valence-corrected chi connectivity index (χ0v) is 15.2. The Labute approximate surface area is 157 Å². The van der Waals surface area contributed by atoms with E-state index >= 15 is 0 Å². The summed E-state index contributed by atoms with van der Waals surface area (Å²) in [6.45, 7) is 4.59. The highest BCUT2D eigenvalue weighted by molar-refractivity contribution is 5.94. The largest absolute Gasteiger partial charge is 0.378 e. The van der Waals surface area contributed by atoms with Gasteiger partial charge in [0.2, 0.25) is 0 Å². The highest BCUT2D eigenvalue weighted by atomic mass is 16.5. The molecular formula is C21H21N3O3. The van der Waals surface area contributed by atoms with Crippen molar-refractivity contribution in [2.75, 3.05) is 26.3 Å². The lowest BCUT2D eigenvalue weighted by Gasteiger charge is -2.26. The maximum atomic E-state index is 12.6. The fraction of sp³-hybridized carbons (Fsp3) is 0.286. The average Bonchev–Trinajstić information content (AvgIpc) is 2.72. The third-order valence-corrected chi connectivity index (χ3v) is 4.86. The van der Waals surface area contributed by atoms with Gasteiger partial charge in [-0.1, -0.05) is 24.3 Å². The predicted molar refractivity (Wildman–Crippen MR) is 103 cm³/mol. The molecule has 1 amide bonds. The summed E-state index contributed by atoms with van der Waals surface area (Å²) in [7, 11) is 0. The van der Waals surface area contributed by atoms with Crippen molar-refractivity contribution in [2.24, 2.45) is 0 Å². The van der Waals surface area contributed by atoms with Crippen LogP contribution in [0.2, 0.25) is 0 Å². The second-order valence-electron chi connectivity index (χ2n) is 6.68. The van der Waals surface area contributed by atoms with E-state index in [0.717, 1.165) is 16.6 Å². The molecule has 4 rings (SSSR count). The fourth-order valence-electron chi connectivity index (χ4n) is 3.36. The van der Waals surface area contributed by atoms with Gasteiger partial charge in [-0.15, -0.1) is 0 Å². The first-order valence-corrected chi connectivity index (χ1v) is 9.05. The Balaban J connectivity index is 1.61. The quantitative estimate of drug-likeness (QED) is 0.716. The molecular weight excluding hydrogens is 342 g/mol. The van der Waals surface area contributed by atoms with E-state index in [1.807, 2.05) is 53.4 Å². The summed E-state index contributed by atoms with van der Waals surface area (Å²) in [5.41, 5.74) is 3.61. The number of hydrogen-bond acceptors (Lipinski definition) is 4. The lowest BCUT2D eigenvalue weighted by atomic mass is 10.1. The van der Waals surface area contributed by atoms with Crippen LogP contribution in [0.25, 0.3) is 11.0 Å². The summed E-state index contributed by atoms with van der Waals surface area (Å²) in [5.74, 6) is 0.0206. The molecule has 6 heteroatoms. The number of nitrogens with zero attached hydrogens (tertiary/aromatic N) is 3. The molecule has 1 fully saturated rings. The number of benzene rings is 2. The molecule has 2 heterocycles. The number of morpholine rings is 1. The Morgan fingerprint density at radius 2 is 1.78 bits per heavy atom. The van der Waals surface area contributed by atoms with Crippen LogP contribution in [0.1, 0.15) is 21.6 Å². The minimum absolute atomic E-state index is 0.0206. The molecule has 138 valence electrons. The molecule has 0 spiro atoms. The molecule has 0 bridgehead atoms. The summed E-state index contributed by atoms with van der Waals surface area (Å²) >= 11 is 0. The van der Waals surface area contributed by atoms with Gasteiger partial charge in [0, 0.05) is 18.7 Å². The van der Waals surface area contributed by atoms with Gasteiger partial charge in [0.1, 0.15) is 5.69 Å². The van der Waals surface area contributed by atoms with Gasteiger partial charge in [0.15, 0.2) is 0 Å². The SMILES string of the molecule is Cc1nc2ccccc2n(Cc2ccc(C(=O)N3CCOCC3)cc2)c1=O. The van der Waals surface area contributed by atoms with E-state index < -0.39 is 0 Å². The third kappa shape index (κ3) is 3.48. The van der Waals surface area contributed by atoms with Gasteiger partial charge in [-0.25, -0.2) is 4.98 Å². The third-order valence-electron chi connectivity index (χ3n) is 4.86. The van der Waals surface area contributed by atoms with Crippen molar-refractivity contribution in [2.45, 2.75) is 13.5 Å². The zero-order chi connectivity index (χ0) is 18.8. The number of carbonyl (C=O) groups is 1. The first kappa shape index (κ1) is 17.4. The Hall–Kier alpha value is -2.99. The van der Waals surface area contributed by atoms with E-state index in [2.05, 4.69) is 4.98 Å². The van der Waals surface area contributed by atoms with Gasteiger partial charge in [0.25, 0.3) is 11.5 Å². The van der Waals surface area contributed by atoms with E-state index in [4.69, 9.17) is 4.74 Å². The summed E-state index contributed by atoms with van der Waals surface area (Å²) in [6, 6.07) is 15.1. The monoisotopic (exact) mass is 363 g/mol. The van der Waals surface area contributed by atoms with E-state index in [-0.39, 0.29) is 11.5 Å². The van der Waals surface area contributed by atoms with Crippen molar-refractivity contribution < 1.29 is 9.53 Å². The smallest absolute Gasteiger partial charge is 0.272 e. The first-order chi connectivity index (χ1) is 13.1. The number of ether oxygens (including phenoxy) is 1. The van der Waals surface area contributed by atoms with E-state index in [9.17, 15) is 9.59 Å². The molecule has 0 unspecified atom stereocenters. The minimum atomic E-state index is -0.0952. The van der Waals surface area contributed by atoms with Crippen molar-refractivity contribution >= 4 is 16.9 Å². The number of rotatable bonds is 3. The van der Waals surface area contributed by atoms with Crippen LogP contribution in [0.15, 0.2) is 53.3 Å². The van der Waals surface area contributed by atoms with Gasteiger partial charge < -0.3 is 14.2 Å². The van der Waals surface area contributed by atoms with Crippen molar-refractivity contribution in [1.29, 1.82) is 0 Å². The minimum Gasteiger partial charge on any atom is -0.378 e. The van der Waals surface area contributed by atoms with Gasteiger partial charge in [0.05, 0.1) is 30.8 Å². The molecule has 1 aliphatic rings. The van der Waals surface area contributed by atoms with Crippen molar-refractivity contribution in [3.8, 4) is 0 Å². The number of fused-ring (bicyclic) bond motifs is 1. The standard InChI is InChI=1S/C21H21N3O3/c1-15-20(25)24(19-5-3-2-4-18(19)22-15)14-16-6-8-17(9-7-16)21(26)23-10-12-27-13-11-23/h2-9H,10-14H2,1H3. The molecule has 0 radical (unpaired) electrons. The molecule has 0 N–H and O–H groups in total. The Morgan fingerprint density at radius 1 is 1.07 bits per heavy atom. The van der Waals surface area contributed by atoms with Crippen LogP contribution in [-0.2, 0) is 11.3 Å². The molecule has 1 aromatic heterocycles.